The molecule has 0 unspecified atom stereocenters. The normalized spacial score (nSPS) is 10.0. The van der Waals surface area contributed by atoms with Gasteiger partial charge in [0, 0.05) is 28.2 Å². The van der Waals surface area contributed by atoms with E-state index in [1.165, 1.54) is 0 Å². The summed E-state index contributed by atoms with van der Waals surface area (Å²) < 4.78 is 0. The molecule has 0 spiro atoms. The van der Waals surface area contributed by atoms with E-state index in [1.807, 2.05) is 25.1 Å². The van der Waals surface area contributed by atoms with E-state index in [4.69, 9.17) is 16.9 Å². The number of nitriles is 1. The zero-order chi connectivity index (χ0) is 18.5. The minimum atomic E-state index is -0.285. The molecule has 0 radical (unpaired) electrons. The molecular weight excluding hydrogens is 348 g/mol. The Morgan fingerprint density at radius 1 is 1.12 bits per heavy atom. The van der Waals surface area contributed by atoms with E-state index in [9.17, 15) is 4.79 Å². The molecule has 1 amide bonds. The number of rotatable bonds is 4. The summed E-state index contributed by atoms with van der Waals surface area (Å²) in [6.07, 6.45) is 1.55. The SMILES string of the molecule is Cc1ccc(Nc2cc(C(=O)Nc3cccc(C#N)c3)ccn2)cc1Cl. The number of halogens is 1. The first kappa shape index (κ1) is 17.5. The molecule has 0 fully saturated rings. The van der Waals surface area contributed by atoms with E-state index in [0.717, 1.165) is 11.3 Å². The van der Waals surface area contributed by atoms with Crippen molar-refractivity contribution < 1.29 is 4.79 Å². The Morgan fingerprint density at radius 2 is 1.96 bits per heavy atom. The van der Waals surface area contributed by atoms with Crippen LogP contribution in [0.1, 0.15) is 21.5 Å². The third-order valence-electron chi connectivity index (χ3n) is 3.72. The topological polar surface area (TPSA) is 77.8 Å². The van der Waals surface area contributed by atoms with Gasteiger partial charge in [0.05, 0.1) is 11.6 Å². The van der Waals surface area contributed by atoms with Crippen molar-refractivity contribution in [1.82, 2.24) is 4.98 Å². The second kappa shape index (κ2) is 7.68. The zero-order valence-corrected chi connectivity index (χ0v) is 14.7. The van der Waals surface area contributed by atoms with E-state index in [-0.39, 0.29) is 5.91 Å². The molecule has 0 saturated carbocycles. The van der Waals surface area contributed by atoms with Crippen LogP contribution in [0.25, 0.3) is 0 Å². The average molecular weight is 363 g/mol. The molecule has 0 atom stereocenters. The molecule has 1 heterocycles. The largest absolute Gasteiger partial charge is 0.340 e. The van der Waals surface area contributed by atoms with Gasteiger partial charge in [-0.25, -0.2) is 4.98 Å². The monoisotopic (exact) mass is 362 g/mol. The summed E-state index contributed by atoms with van der Waals surface area (Å²) in [5.41, 5.74) is 3.26. The molecule has 2 N–H and O–H groups in total. The molecule has 3 aromatic rings. The van der Waals surface area contributed by atoms with Crippen LogP contribution in [0.3, 0.4) is 0 Å². The van der Waals surface area contributed by atoms with Gasteiger partial charge in [0.1, 0.15) is 5.82 Å². The van der Waals surface area contributed by atoms with Gasteiger partial charge in [0.25, 0.3) is 5.91 Å². The van der Waals surface area contributed by atoms with E-state index in [2.05, 4.69) is 15.6 Å². The lowest BCUT2D eigenvalue weighted by Gasteiger charge is -2.09. The van der Waals surface area contributed by atoms with Crippen LogP contribution in [0, 0.1) is 18.3 Å². The highest BCUT2D eigenvalue weighted by Crippen LogP contribution is 2.23. The van der Waals surface area contributed by atoms with Gasteiger partial charge in [-0.05, 0) is 55.0 Å². The van der Waals surface area contributed by atoms with Gasteiger partial charge in [-0.15, -0.1) is 0 Å². The van der Waals surface area contributed by atoms with Crippen molar-refractivity contribution in [3.63, 3.8) is 0 Å². The molecule has 5 nitrogen and oxygen atoms in total. The highest BCUT2D eigenvalue weighted by molar-refractivity contribution is 6.31. The highest BCUT2D eigenvalue weighted by atomic mass is 35.5. The van der Waals surface area contributed by atoms with E-state index < -0.39 is 0 Å². The Bertz CT molecular complexity index is 1010. The van der Waals surface area contributed by atoms with Gasteiger partial charge >= 0.3 is 0 Å². The summed E-state index contributed by atoms with van der Waals surface area (Å²) in [6, 6.07) is 17.7. The van der Waals surface area contributed by atoms with Gasteiger partial charge in [-0.2, -0.15) is 5.26 Å². The maximum atomic E-state index is 12.4. The smallest absolute Gasteiger partial charge is 0.255 e. The lowest BCUT2D eigenvalue weighted by Crippen LogP contribution is -2.12. The number of pyridine rings is 1. The quantitative estimate of drug-likeness (QED) is 0.691. The summed E-state index contributed by atoms with van der Waals surface area (Å²) in [7, 11) is 0. The van der Waals surface area contributed by atoms with Gasteiger partial charge < -0.3 is 10.6 Å². The number of nitrogens with zero attached hydrogens (tertiary/aromatic N) is 2. The summed E-state index contributed by atoms with van der Waals surface area (Å²) >= 11 is 6.13. The van der Waals surface area contributed by atoms with Crippen LogP contribution in [0.5, 0.6) is 0 Å². The van der Waals surface area contributed by atoms with Crippen molar-refractivity contribution in [2.75, 3.05) is 10.6 Å². The summed E-state index contributed by atoms with van der Waals surface area (Å²) in [6.45, 7) is 1.93. The number of hydrogen-bond acceptors (Lipinski definition) is 4. The van der Waals surface area contributed by atoms with Crippen LogP contribution in [0.2, 0.25) is 5.02 Å². The predicted octanol–water partition coefficient (Wildman–Crippen LogP) is 4.91. The fourth-order valence-electron chi connectivity index (χ4n) is 2.33. The molecule has 1 aromatic heterocycles. The molecule has 0 bridgehead atoms. The molecule has 0 saturated heterocycles. The number of aromatic nitrogens is 1. The van der Waals surface area contributed by atoms with Crippen LogP contribution in [0.4, 0.5) is 17.2 Å². The maximum absolute atomic E-state index is 12.4. The van der Waals surface area contributed by atoms with Gasteiger partial charge in [0.15, 0.2) is 0 Å². The fraction of sp³-hybridized carbons (Fsp3) is 0.0500. The Morgan fingerprint density at radius 3 is 2.73 bits per heavy atom. The molecule has 26 heavy (non-hydrogen) atoms. The lowest BCUT2D eigenvalue weighted by molar-refractivity contribution is 0.102. The third kappa shape index (κ3) is 4.18. The van der Waals surface area contributed by atoms with Crippen molar-refractivity contribution in [1.29, 1.82) is 5.26 Å². The van der Waals surface area contributed by atoms with Crippen molar-refractivity contribution in [2.24, 2.45) is 0 Å². The first-order chi connectivity index (χ1) is 12.5. The second-order valence-electron chi connectivity index (χ2n) is 5.67. The summed E-state index contributed by atoms with van der Waals surface area (Å²) in [5, 5.41) is 15.5. The van der Waals surface area contributed by atoms with E-state index in [0.29, 0.717) is 27.7 Å². The summed E-state index contributed by atoms with van der Waals surface area (Å²) in [5.74, 6) is 0.246. The number of carbonyl (C=O) groups is 1. The molecule has 0 aliphatic rings. The Kier molecular flexibility index (Phi) is 5.16. The molecule has 2 aromatic carbocycles. The van der Waals surface area contributed by atoms with Gasteiger partial charge in [-0.1, -0.05) is 23.7 Å². The fourth-order valence-corrected chi connectivity index (χ4v) is 2.51. The third-order valence-corrected chi connectivity index (χ3v) is 4.12. The minimum Gasteiger partial charge on any atom is -0.340 e. The number of nitrogens with one attached hydrogen (secondary N) is 2. The number of benzene rings is 2. The number of hydrogen-bond donors (Lipinski definition) is 2. The Balaban J connectivity index is 1.76. The molecule has 0 aliphatic heterocycles. The molecule has 6 heteroatoms. The predicted molar refractivity (Wildman–Crippen MR) is 103 cm³/mol. The van der Waals surface area contributed by atoms with E-state index in [1.54, 1.807) is 48.7 Å². The molecule has 0 aliphatic carbocycles. The average Bonchev–Trinajstić information content (AvgIpc) is 2.65. The maximum Gasteiger partial charge on any atom is 0.255 e. The lowest BCUT2D eigenvalue weighted by atomic mass is 10.2. The van der Waals surface area contributed by atoms with Crippen LogP contribution >= 0.6 is 11.6 Å². The zero-order valence-electron chi connectivity index (χ0n) is 14.0. The van der Waals surface area contributed by atoms with E-state index >= 15 is 0 Å². The van der Waals surface area contributed by atoms with Gasteiger partial charge in [-0.3, -0.25) is 4.79 Å². The van der Waals surface area contributed by atoms with Crippen LogP contribution < -0.4 is 10.6 Å². The number of anilines is 3. The Hall–Kier alpha value is -3.36. The second-order valence-corrected chi connectivity index (χ2v) is 6.07. The van der Waals surface area contributed by atoms with Crippen molar-refractivity contribution in [3.05, 3.63) is 82.5 Å². The molecule has 3 rings (SSSR count). The first-order valence-electron chi connectivity index (χ1n) is 7.86. The number of carbonyl (C=O) groups excluding carboxylic acids is 1. The van der Waals surface area contributed by atoms with Crippen molar-refractivity contribution >= 4 is 34.7 Å². The highest BCUT2D eigenvalue weighted by Gasteiger charge is 2.08. The molecular formula is C20H15ClN4O. The Labute approximate surface area is 156 Å². The van der Waals surface area contributed by atoms with Crippen molar-refractivity contribution in [2.45, 2.75) is 6.92 Å². The minimum absolute atomic E-state index is 0.285. The van der Waals surface area contributed by atoms with Crippen molar-refractivity contribution in [3.8, 4) is 6.07 Å². The van der Waals surface area contributed by atoms with Gasteiger partial charge in [0.2, 0.25) is 0 Å². The number of aryl methyl sites for hydroxylation is 1. The van der Waals surface area contributed by atoms with Crippen LogP contribution in [-0.2, 0) is 0 Å². The first-order valence-corrected chi connectivity index (χ1v) is 8.24. The summed E-state index contributed by atoms with van der Waals surface area (Å²) in [4.78, 5) is 16.7. The van der Waals surface area contributed by atoms with Crippen LogP contribution in [-0.4, -0.2) is 10.9 Å². The number of amides is 1. The standard InChI is InChI=1S/C20H15ClN4O/c1-13-5-6-17(11-18(13)21)24-19-10-15(7-8-23-19)20(26)25-16-4-2-3-14(9-16)12-22/h2-11H,1H3,(H,23,24)(H,25,26). The molecule has 128 valence electrons. The van der Waals surface area contributed by atoms with Crippen LogP contribution in [0.15, 0.2) is 60.8 Å².